The van der Waals surface area contributed by atoms with Crippen molar-refractivity contribution in [3.63, 3.8) is 0 Å². The van der Waals surface area contributed by atoms with E-state index < -0.39 is 11.6 Å². The fourth-order valence-corrected chi connectivity index (χ4v) is 5.21. The molecule has 0 aliphatic carbocycles. The molecule has 1 aliphatic rings. The van der Waals surface area contributed by atoms with Gasteiger partial charge < -0.3 is 29.3 Å². The van der Waals surface area contributed by atoms with Crippen LogP contribution in [0.4, 0.5) is 0 Å². The van der Waals surface area contributed by atoms with Gasteiger partial charge in [-0.25, -0.2) is 9.59 Å². The lowest BCUT2D eigenvalue weighted by molar-refractivity contribution is -0.0259. The second-order valence-corrected chi connectivity index (χ2v) is 9.56. The van der Waals surface area contributed by atoms with E-state index in [0.717, 1.165) is 55.4 Å². The maximum Gasteiger partial charge on any atom is 0.339 e. The summed E-state index contributed by atoms with van der Waals surface area (Å²) in [7, 11) is 1.38. The smallest absolute Gasteiger partial charge is 0.339 e. The predicted molar refractivity (Wildman–Crippen MR) is 135 cm³/mol. The van der Waals surface area contributed by atoms with Gasteiger partial charge in [-0.15, -0.1) is 0 Å². The summed E-state index contributed by atoms with van der Waals surface area (Å²) in [5.74, 6) is -1.38. The highest BCUT2D eigenvalue weighted by atomic mass is 16.5. The van der Waals surface area contributed by atoms with Gasteiger partial charge in [-0.1, -0.05) is 12.1 Å². The minimum Gasteiger partial charge on any atom is -0.478 e. The SMILES string of the molecule is COC(=O)c1ccc2c(CCCCN3CCC(O)(c4ccc5occ(C(=O)O)c5c4)CC3)c[nH]c2c1. The van der Waals surface area contributed by atoms with Gasteiger partial charge in [-0.2, -0.15) is 0 Å². The van der Waals surface area contributed by atoms with Crippen LogP contribution < -0.4 is 0 Å². The number of fused-ring (bicyclic) bond motifs is 2. The number of furan rings is 1. The molecule has 4 aromatic rings. The highest BCUT2D eigenvalue weighted by Crippen LogP contribution is 2.35. The highest BCUT2D eigenvalue weighted by molar-refractivity contribution is 6.02. The van der Waals surface area contributed by atoms with Crippen LogP contribution >= 0.6 is 0 Å². The Morgan fingerprint density at radius 1 is 1.11 bits per heavy atom. The average molecular weight is 491 g/mol. The lowest BCUT2D eigenvalue weighted by Crippen LogP contribution is -2.42. The molecular weight excluding hydrogens is 460 g/mol. The van der Waals surface area contributed by atoms with Gasteiger partial charge in [0, 0.05) is 35.6 Å². The number of hydrogen-bond donors (Lipinski definition) is 3. The van der Waals surface area contributed by atoms with Crippen molar-refractivity contribution in [3.05, 3.63) is 71.1 Å². The summed E-state index contributed by atoms with van der Waals surface area (Å²) in [4.78, 5) is 28.8. The van der Waals surface area contributed by atoms with Crippen molar-refractivity contribution >= 4 is 33.8 Å². The number of carbonyl (C=O) groups excluding carboxylic acids is 1. The minimum atomic E-state index is -1.04. The van der Waals surface area contributed by atoms with E-state index in [4.69, 9.17) is 9.15 Å². The number of esters is 1. The number of piperidine rings is 1. The lowest BCUT2D eigenvalue weighted by Gasteiger charge is -2.38. The van der Waals surface area contributed by atoms with Crippen molar-refractivity contribution in [1.29, 1.82) is 0 Å². The largest absolute Gasteiger partial charge is 0.478 e. The first-order valence-corrected chi connectivity index (χ1v) is 12.3. The summed E-state index contributed by atoms with van der Waals surface area (Å²) in [5.41, 5.74) is 3.12. The number of aliphatic hydroxyl groups is 1. The van der Waals surface area contributed by atoms with E-state index in [1.807, 2.05) is 24.4 Å². The number of aromatic nitrogens is 1. The van der Waals surface area contributed by atoms with Gasteiger partial charge in [0.05, 0.1) is 18.3 Å². The number of carbonyl (C=O) groups is 2. The molecule has 3 heterocycles. The first-order chi connectivity index (χ1) is 17.4. The van der Waals surface area contributed by atoms with E-state index >= 15 is 0 Å². The van der Waals surface area contributed by atoms with Crippen molar-refractivity contribution in [2.75, 3.05) is 26.7 Å². The zero-order chi connectivity index (χ0) is 25.3. The van der Waals surface area contributed by atoms with Gasteiger partial charge in [0.2, 0.25) is 0 Å². The van der Waals surface area contributed by atoms with Gasteiger partial charge in [0.1, 0.15) is 17.4 Å². The Morgan fingerprint density at radius 2 is 1.92 bits per heavy atom. The number of ether oxygens (including phenoxy) is 1. The number of aryl methyl sites for hydroxylation is 1. The number of carboxylic acid groups (broad SMARTS) is 1. The van der Waals surface area contributed by atoms with E-state index in [1.165, 1.54) is 18.9 Å². The summed E-state index contributed by atoms with van der Waals surface area (Å²) >= 11 is 0. The van der Waals surface area contributed by atoms with Gasteiger partial charge in [0.25, 0.3) is 0 Å². The van der Waals surface area contributed by atoms with Gasteiger partial charge in [0.15, 0.2) is 0 Å². The number of H-pyrrole nitrogens is 1. The summed E-state index contributed by atoms with van der Waals surface area (Å²) in [5, 5.41) is 22.3. The molecule has 0 atom stereocenters. The normalized spacial score (nSPS) is 15.9. The number of aromatic amines is 1. The number of likely N-dealkylation sites (tertiary alicyclic amines) is 1. The third kappa shape index (κ3) is 4.62. The zero-order valence-corrected chi connectivity index (χ0v) is 20.3. The van der Waals surface area contributed by atoms with Gasteiger partial charge in [-0.05, 0) is 74.0 Å². The molecule has 0 spiro atoms. The predicted octanol–water partition coefficient (Wildman–Crippen LogP) is 4.71. The number of aromatic carboxylic acids is 1. The number of carboxylic acids is 1. The fourth-order valence-electron chi connectivity index (χ4n) is 5.21. The average Bonchev–Trinajstić information content (AvgIpc) is 3.50. The van der Waals surface area contributed by atoms with Crippen LogP contribution in [0.25, 0.3) is 21.9 Å². The Labute approximate surface area is 208 Å². The molecule has 8 heteroatoms. The summed E-state index contributed by atoms with van der Waals surface area (Å²) < 4.78 is 10.1. The van der Waals surface area contributed by atoms with Crippen LogP contribution in [0.1, 0.15) is 57.5 Å². The summed E-state index contributed by atoms with van der Waals surface area (Å²) in [6.45, 7) is 2.54. The fraction of sp³-hybridized carbons (Fsp3) is 0.357. The Bertz CT molecular complexity index is 1410. The topological polar surface area (TPSA) is 116 Å². The first kappa shape index (κ1) is 24.1. The third-order valence-electron chi connectivity index (χ3n) is 7.38. The number of unbranched alkanes of at least 4 members (excludes halogenated alkanes) is 1. The molecule has 0 unspecified atom stereocenters. The maximum atomic E-state index is 11.7. The molecule has 1 aliphatic heterocycles. The molecule has 8 nitrogen and oxygen atoms in total. The summed E-state index contributed by atoms with van der Waals surface area (Å²) in [6, 6.07) is 10.9. The second-order valence-electron chi connectivity index (χ2n) is 9.56. The van der Waals surface area contributed by atoms with E-state index in [-0.39, 0.29) is 11.5 Å². The van der Waals surface area contributed by atoms with Crippen molar-refractivity contribution < 1.29 is 29.0 Å². The molecule has 3 N–H and O–H groups in total. The zero-order valence-electron chi connectivity index (χ0n) is 20.3. The Balaban J connectivity index is 1.13. The molecule has 0 radical (unpaired) electrons. The molecule has 1 fully saturated rings. The second kappa shape index (κ2) is 9.79. The van der Waals surface area contributed by atoms with Crippen LogP contribution in [-0.2, 0) is 16.8 Å². The molecule has 0 bridgehead atoms. The van der Waals surface area contributed by atoms with E-state index in [1.54, 1.807) is 18.2 Å². The lowest BCUT2D eigenvalue weighted by atomic mass is 9.83. The van der Waals surface area contributed by atoms with E-state index in [2.05, 4.69) is 9.88 Å². The van der Waals surface area contributed by atoms with Gasteiger partial charge >= 0.3 is 11.9 Å². The number of nitrogens with one attached hydrogen (secondary N) is 1. The molecule has 0 amide bonds. The molecule has 2 aromatic heterocycles. The van der Waals surface area contributed by atoms with Gasteiger partial charge in [-0.3, -0.25) is 0 Å². The maximum absolute atomic E-state index is 11.7. The van der Waals surface area contributed by atoms with Crippen molar-refractivity contribution in [2.24, 2.45) is 0 Å². The van der Waals surface area contributed by atoms with Crippen LogP contribution in [0.5, 0.6) is 0 Å². The molecule has 36 heavy (non-hydrogen) atoms. The molecular formula is C28H30N2O6. The number of benzene rings is 2. The summed E-state index contributed by atoms with van der Waals surface area (Å²) in [6.07, 6.45) is 7.51. The van der Waals surface area contributed by atoms with Crippen molar-refractivity contribution in [2.45, 2.75) is 37.7 Å². The monoisotopic (exact) mass is 490 g/mol. The van der Waals surface area contributed by atoms with Crippen LogP contribution in [0.3, 0.4) is 0 Å². The molecule has 5 rings (SSSR count). The molecule has 188 valence electrons. The van der Waals surface area contributed by atoms with Crippen molar-refractivity contribution in [3.8, 4) is 0 Å². The van der Waals surface area contributed by atoms with E-state index in [0.29, 0.717) is 29.4 Å². The van der Waals surface area contributed by atoms with Crippen molar-refractivity contribution in [1.82, 2.24) is 9.88 Å². The number of methoxy groups -OCH3 is 1. The number of nitrogens with zero attached hydrogens (tertiary/aromatic N) is 1. The molecule has 1 saturated heterocycles. The van der Waals surface area contributed by atoms with E-state index in [9.17, 15) is 19.8 Å². The van der Waals surface area contributed by atoms with Crippen LogP contribution in [0.15, 0.2) is 53.3 Å². The Kier molecular flexibility index (Phi) is 6.55. The standard InChI is InChI=1S/C28H30N2O6/c1-35-27(33)18-5-7-21-19(16-29-24(21)14-18)4-2-3-11-30-12-9-28(34,10-13-30)20-6-8-25-22(15-20)23(17-36-25)26(31)32/h5-8,14-17,29,34H,2-4,9-13H2,1H3,(H,31,32). The Hall–Kier alpha value is -3.62. The Morgan fingerprint density at radius 3 is 2.67 bits per heavy atom. The highest BCUT2D eigenvalue weighted by Gasteiger charge is 2.34. The number of rotatable bonds is 8. The van der Waals surface area contributed by atoms with Crippen LogP contribution in [0.2, 0.25) is 0 Å². The minimum absolute atomic E-state index is 0.118. The first-order valence-electron chi connectivity index (χ1n) is 12.3. The quantitative estimate of drug-likeness (QED) is 0.242. The third-order valence-corrected chi connectivity index (χ3v) is 7.38. The van der Waals surface area contributed by atoms with Crippen LogP contribution in [-0.4, -0.2) is 58.8 Å². The molecule has 0 saturated carbocycles. The number of hydrogen-bond acceptors (Lipinski definition) is 6. The van der Waals surface area contributed by atoms with Crippen LogP contribution in [0, 0.1) is 0 Å². The molecule has 2 aromatic carbocycles.